The van der Waals surface area contributed by atoms with Crippen molar-refractivity contribution in [3.63, 3.8) is 0 Å². The first-order chi connectivity index (χ1) is 10.5. The molecule has 0 saturated heterocycles. The molecule has 3 aromatic rings. The van der Waals surface area contributed by atoms with E-state index in [1.54, 1.807) is 23.9 Å². The molecule has 0 amide bonds. The van der Waals surface area contributed by atoms with Crippen LogP contribution in [-0.2, 0) is 16.6 Å². The summed E-state index contributed by atoms with van der Waals surface area (Å²) in [6, 6.07) is 13.3. The number of aryl methyl sites for hydroxylation is 2. The van der Waals surface area contributed by atoms with Gasteiger partial charge in [-0.2, -0.15) is 5.10 Å². The lowest BCUT2D eigenvalue weighted by molar-refractivity contribution is 0.600. The Balaban J connectivity index is 1.97. The molecule has 2 aromatic carbocycles. The number of aromatic nitrogens is 2. The minimum absolute atomic E-state index is 0.211. The van der Waals surface area contributed by atoms with Gasteiger partial charge in [0, 0.05) is 18.4 Å². The number of benzene rings is 2. The molecule has 22 heavy (non-hydrogen) atoms. The standard InChI is InChI=1S/C16H17N3O2S/c1-3-19-11-16(12(2)17-19)22(20,21)18-15-9-8-13-6-4-5-7-14(13)10-15/h4-11,18H,3H2,1-2H3. The Hall–Kier alpha value is -2.34. The Morgan fingerprint density at radius 3 is 2.55 bits per heavy atom. The Morgan fingerprint density at radius 2 is 1.86 bits per heavy atom. The summed E-state index contributed by atoms with van der Waals surface area (Å²) in [5.74, 6) is 0. The quantitative estimate of drug-likeness (QED) is 0.804. The van der Waals surface area contributed by atoms with E-state index in [4.69, 9.17) is 0 Å². The van der Waals surface area contributed by atoms with E-state index in [9.17, 15) is 8.42 Å². The molecule has 0 saturated carbocycles. The van der Waals surface area contributed by atoms with Crippen molar-refractivity contribution in [2.75, 3.05) is 4.72 Å². The third kappa shape index (κ3) is 2.69. The molecule has 6 heteroatoms. The predicted molar refractivity (Wildman–Crippen MR) is 87.4 cm³/mol. The predicted octanol–water partition coefficient (Wildman–Crippen LogP) is 3.17. The van der Waals surface area contributed by atoms with Gasteiger partial charge in [0.2, 0.25) is 0 Å². The maximum atomic E-state index is 12.5. The molecule has 0 bridgehead atoms. The summed E-state index contributed by atoms with van der Waals surface area (Å²) in [6.07, 6.45) is 1.55. The van der Waals surface area contributed by atoms with Crippen molar-refractivity contribution in [1.29, 1.82) is 0 Å². The smallest absolute Gasteiger partial charge is 0.265 e. The molecule has 1 heterocycles. The molecule has 0 aliphatic rings. The van der Waals surface area contributed by atoms with Gasteiger partial charge in [-0.3, -0.25) is 9.40 Å². The van der Waals surface area contributed by atoms with Crippen molar-refractivity contribution in [1.82, 2.24) is 9.78 Å². The van der Waals surface area contributed by atoms with Gasteiger partial charge >= 0.3 is 0 Å². The summed E-state index contributed by atoms with van der Waals surface area (Å²) in [6.45, 7) is 4.24. The van der Waals surface area contributed by atoms with Crippen LogP contribution in [0.2, 0.25) is 0 Å². The number of hydrogen-bond acceptors (Lipinski definition) is 3. The van der Waals surface area contributed by atoms with Crippen molar-refractivity contribution in [3.05, 3.63) is 54.4 Å². The van der Waals surface area contributed by atoms with Crippen molar-refractivity contribution in [3.8, 4) is 0 Å². The molecule has 0 aliphatic heterocycles. The van der Waals surface area contributed by atoms with Crippen LogP contribution in [0.4, 0.5) is 5.69 Å². The van der Waals surface area contributed by atoms with E-state index in [0.29, 0.717) is 17.9 Å². The van der Waals surface area contributed by atoms with E-state index in [1.165, 1.54) is 0 Å². The largest absolute Gasteiger partial charge is 0.280 e. The first-order valence-electron chi connectivity index (χ1n) is 7.05. The Kier molecular flexibility index (Phi) is 3.62. The van der Waals surface area contributed by atoms with Gasteiger partial charge < -0.3 is 0 Å². The van der Waals surface area contributed by atoms with Crippen molar-refractivity contribution in [2.45, 2.75) is 25.3 Å². The maximum Gasteiger partial charge on any atom is 0.265 e. The van der Waals surface area contributed by atoms with Crippen LogP contribution in [0.25, 0.3) is 10.8 Å². The highest BCUT2D eigenvalue weighted by Crippen LogP contribution is 2.22. The van der Waals surface area contributed by atoms with Crippen LogP contribution < -0.4 is 4.72 Å². The van der Waals surface area contributed by atoms with Gasteiger partial charge in [0.15, 0.2) is 0 Å². The van der Waals surface area contributed by atoms with Crippen LogP contribution in [0.15, 0.2) is 53.6 Å². The summed E-state index contributed by atoms with van der Waals surface area (Å²) in [5, 5.41) is 6.24. The number of sulfonamides is 1. The summed E-state index contributed by atoms with van der Waals surface area (Å²) < 4.78 is 29.3. The number of hydrogen-bond donors (Lipinski definition) is 1. The number of fused-ring (bicyclic) bond motifs is 1. The zero-order valence-corrected chi connectivity index (χ0v) is 13.3. The number of anilines is 1. The minimum atomic E-state index is -3.64. The molecule has 0 fully saturated rings. The van der Waals surface area contributed by atoms with Gasteiger partial charge in [-0.1, -0.05) is 30.3 Å². The van der Waals surface area contributed by atoms with E-state index >= 15 is 0 Å². The molecule has 5 nitrogen and oxygen atoms in total. The monoisotopic (exact) mass is 315 g/mol. The molecule has 0 atom stereocenters. The Bertz CT molecular complexity index is 929. The summed E-state index contributed by atoms with van der Waals surface area (Å²) >= 11 is 0. The highest BCUT2D eigenvalue weighted by atomic mass is 32.2. The lowest BCUT2D eigenvalue weighted by atomic mass is 10.1. The van der Waals surface area contributed by atoms with Gasteiger partial charge in [0.25, 0.3) is 10.0 Å². The van der Waals surface area contributed by atoms with E-state index in [2.05, 4.69) is 9.82 Å². The second-order valence-electron chi connectivity index (χ2n) is 5.10. The highest BCUT2D eigenvalue weighted by Gasteiger charge is 2.20. The van der Waals surface area contributed by atoms with Gasteiger partial charge in [-0.15, -0.1) is 0 Å². The zero-order valence-electron chi connectivity index (χ0n) is 12.4. The molecular weight excluding hydrogens is 298 g/mol. The average molecular weight is 315 g/mol. The molecule has 0 radical (unpaired) electrons. The second-order valence-corrected chi connectivity index (χ2v) is 6.75. The lowest BCUT2D eigenvalue weighted by Gasteiger charge is -2.08. The fraction of sp³-hybridized carbons (Fsp3) is 0.188. The molecular formula is C16H17N3O2S. The fourth-order valence-electron chi connectivity index (χ4n) is 2.39. The van der Waals surface area contributed by atoms with Crippen LogP contribution >= 0.6 is 0 Å². The van der Waals surface area contributed by atoms with E-state index < -0.39 is 10.0 Å². The molecule has 3 rings (SSSR count). The summed E-state index contributed by atoms with van der Waals surface area (Å²) in [5.41, 5.74) is 1.04. The average Bonchev–Trinajstić information content (AvgIpc) is 2.89. The van der Waals surface area contributed by atoms with Crippen LogP contribution in [0.1, 0.15) is 12.6 Å². The minimum Gasteiger partial charge on any atom is -0.280 e. The summed E-state index contributed by atoms with van der Waals surface area (Å²) in [4.78, 5) is 0.211. The molecule has 1 N–H and O–H groups in total. The van der Waals surface area contributed by atoms with Gasteiger partial charge in [0.1, 0.15) is 4.90 Å². The SMILES string of the molecule is CCn1cc(S(=O)(=O)Nc2ccc3ccccc3c2)c(C)n1. The maximum absolute atomic E-state index is 12.5. The second kappa shape index (κ2) is 5.46. The molecule has 0 unspecified atom stereocenters. The van der Waals surface area contributed by atoms with Gasteiger partial charge in [-0.25, -0.2) is 8.42 Å². The first-order valence-corrected chi connectivity index (χ1v) is 8.53. The normalized spacial score (nSPS) is 11.7. The molecule has 1 aromatic heterocycles. The van der Waals surface area contributed by atoms with Crippen LogP contribution in [0, 0.1) is 6.92 Å². The number of rotatable bonds is 4. The van der Waals surface area contributed by atoms with E-state index in [1.807, 2.05) is 43.3 Å². The van der Waals surface area contributed by atoms with Crippen LogP contribution in [0.3, 0.4) is 0 Å². The van der Waals surface area contributed by atoms with Crippen molar-refractivity contribution >= 4 is 26.5 Å². The third-order valence-electron chi connectivity index (χ3n) is 3.52. The Labute approximate surface area is 129 Å². The third-order valence-corrected chi connectivity index (χ3v) is 5.00. The van der Waals surface area contributed by atoms with Crippen LogP contribution in [-0.4, -0.2) is 18.2 Å². The first kappa shape index (κ1) is 14.6. The topological polar surface area (TPSA) is 64.0 Å². The van der Waals surface area contributed by atoms with E-state index in [0.717, 1.165) is 10.8 Å². The number of nitrogens with zero attached hydrogens (tertiary/aromatic N) is 2. The molecule has 0 aliphatic carbocycles. The lowest BCUT2D eigenvalue weighted by Crippen LogP contribution is -2.13. The van der Waals surface area contributed by atoms with Crippen molar-refractivity contribution in [2.24, 2.45) is 0 Å². The van der Waals surface area contributed by atoms with Gasteiger partial charge in [-0.05, 0) is 36.8 Å². The molecule has 114 valence electrons. The number of nitrogens with one attached hydrogen (secondary N) is 1. The zero-order chi connectivity index (χ0) is 15.7. The summed E-state index contributed by atoms with van der Waals surface area (Å²) in [7, 11) is -3.64. The van der Waals surface area contributed by atoms with Gasteiger partial charge in [0.05, 0.1) is 5.69 Å². The van der Waals surface area contributed by atoms with Crippen molar-refractivity contribution < 1.29 is 8.42 Å². The fourth-order valence-corrected chi connectivity index (χ4v) is 3.63. The van der Waals surface area contributed by atoms with Crippen LogP contribution in [0.5, 0.6) is 0 Å². The Morgan fingerprint density at radius 1 is 1.14 bits per heavy atom. The molecule has 0 spiro atoms. The highest BCUT2D eigenvalue weighted by molar-refractivity contribution is 7.92. The van der Waals surface area contributed by atoms with E-state index in [-0.39, 0.29) is 4.90 Å².